The first-order valence-corrected chi connectivity index (χ1v) is 5.05. The fourth-order valence-corrected chi connectivity index (χ4v) is 1.88. The molecule has 0 amide bonds. The lowest BCUT2D eigenvalue weighted by molar-refractivity contribution is 0.438. The van der Waals surface area contributed by atoms with Crippen LogP contribution in [0.5, 0.6) is 0 Å². The molecule has 1 aromatic rings. The Kier molecular flexibility index (Phi) is 2.54. The molecule has 0 aliphatic rings. The summed E-state index contributed by atoms with van der Waals surface area (Å²) in [4.78, 5) is 0. The van der Waals surface area contributed by atoms with E-state index in [4.69, 9.17) is 8.97 Å². The van der Waals surface area contributed by atoms with Crippen molar-refractivity contribution in [1.82, 2.24) is 0 Å². The van der Waals surface area contributed by atoms with Gasteiger partial charge in [-0.3, -0.25) is 4.55 Å². The standard InChI is InChI=1S/C7H10O4S/c1-2-7(12(8,9)10)6-4-3-5-11-6/h3-5,7H,2H2,1H3,(H,8,9,10). The normalized spacial score (nSPS) is 14.5. The van der Waals surface area contributed by atoms with Gasteiger partial charge in [-0.15, -0.1) is 0 Å². The zero-order valence-electron chi connectivity index (χ0n) is 6.60. The van der Waals surface area contributed by atoms with Crippen LogP contribution >= 0.6 is 0 Å². The van der Waals surface area contributed by atoms with Crippen molar-refractivity contribution in [2.45, 2.75) is 18.6 Å². The van der Waals surface area contributed by atoms with Gasteiger partial charge < -0.3 is 4.42 Å². The number of hydrogen-bond donors (Lipinski definition) is 1. The predicted octanol–water partition coefficient (Wildman–Crippen LogP) is 1.62. The van der Waals surface area contributed by atoms with E-state index in [1.54, 1.807) is 13.0 Å². The van der Waals surface area contributed by atoms with Crippen molar-refractivity contribution in [3.8, 4) is 0 Å². The Balaban J connectivity index is 3.00. The maximum absolute atomic E-state index is 10.8. The van der Waals surface area contributed by atoms with Crippen molar-refractivity contribution in [3.05, 3.63) is 24.2 Å². The molecule has 1 atom stereocenters. The summed E-state index contributed by atoms with van der Waals surface area (Å²) < 4.78 is 35.1. The predicted molar refractivity (Wildman–Crippen MR) is 43.3 cm³/mol. The molecule has 12 heavy (non-hydrogen) atoms. The monoisotopic (exact) mass is 190 g/mol. The molecule has 4 nitrogen and oxygen atoms in total. The number of rotatable bonds is 3. The molecular weight excluding hydrogens is 180 g/mol. The van der Waals surface area contributed by atoms with Crippen LogP contribution < -0.4 is 0 Å². The van der Waals surface area contributed by atoms with E-state index in [0.29, 0.717) is 6.42 Å². The molecule has 1 heterocycles. The minimum Gasteiger partial charge on any atom is -0.468 e. The smallest absolute Gasteiger partial charge is 0.275 e. The molecule has 0 aliphatic carbocycles. The molecule has 0 saturated carbocycles. The molecule has 5 heteroatoms. The molecule has 1 unspecified atom stereocenters. The van der Waals surface area contributed by atoms with Gasteiger partial charge in [-0.1, -0.05) is 6.92 Å². The van der Waals surface area contributed by atoms with E-state index >= 15 is 0 Å². The second-order valence-corrected chi connectivity index (χ2v) is 4.03. The Morgan fingerprint density at radius 2 is 2.33 bits per heavy atom. The maximum atomic E-state index is 10.8. The molecule has 0 aromatic carbocycles. The van der Waals surface area contributed by atoms with E-state index in [-0.39, 0.29) is 5.76 Å². The van der Waals surface area contributed by atoms with E-state index < -0.39 is 15.4 Å². The van der Waals surface area contributed by atoms with Crippen molar-refractivity contribution in [1.29, 1.82) is 0 Å². The summed E-state index contributed by atoms with van der Waals surface area (Å²) in [5.41, 5.74) is 0. The minimum atomic E-state index is -4.03. The molecule has 0 aliphatic heterocycles. The highest BCUT2D eigenvalue weighted by Gasteiger charge is 2.25. The summed E-state index contributed by atoms with van der Waals surface area (Å²) in [6.07, 6.45) is 1.68. The van der Waals surface area contributed by atoms with Gasteiger partial charge in [0.2, 0.25) is 0 Å². The van der Waals surface area contributed by atoms with Crippen LogP contribution in [-0.4, -0.2) is 13.0 Å². The molecule has 1 aromatic heterocycles. The minimum absolute atomic E-state index is 0.278. The first kappa shape index (κ1) is 9.28. The second kappa shape index (κ2) is 3.28. The highest BCUT2D eigenvalue weighted by atomic mass is 32.2. The van der Waals surface area contributed by atoms with Crippen LogP contribution in [0.3, 0.4) is 0 Å². The first-order valence-electron chi connectivity index (χ1n) is 3.55. The van der Waals surface area contributed by atoms with E-state index in [9.17, 15) is 8.42 Å². The molecule has 1 N–H and O–H groups in total. The largest absolute Gasteiger partial charge is 0.468 e. The zero-order valence-corrected chi connectivity index (χ0v) is 7.41. The van der Waals surface area contributed by atoms with Gasteiger partial charge in [-0.2, -0.15) is 8.42 Å². The highest BCUT2D eigenvalue weighted by molar-refractivity contribution is 7.86. The SMILES string of the molecule is CCC(c1ccco1)S(=O)(=O)O. The Morgan fingerprint density at radius 3 is 2.67 bits per heavy atom. The third-order valence-corrected chi connectivity index (χ3v) is 2.88. The van der Waals surface area contributed by atoms with Gasteiger partial charge in [0.05, 0.1) is 6.26 Å². The molecule has 0 bridgehead atoms. The van der Waals surface area contributed by atoms with E-state index in [1.807, 2.05) is 0 Å². The van der Waals surface area contributed by atoms with E-state index in [1.165, 1.54) is 12.3 Å². The van der Waals surface area contributed by atoms with Gasteiger partial charge in [0.1, 0.15) is 11.0 Å². The van der Waals surface area contributed by atoms with Crippen LogP contribution in [0, 0.1) is 0 Å². The van der Waals surface area contributed by atoms with E-state index in [2.05, 4.69) is 0 Å². The zero-order chi connectivity index (χ0) is 9.19. The Labute approximate surface area is 70.9 Å². The van der Waals surface area contributed by atoms with Gasteiger partial charge in [0.15, 0.2) is 0 Å². The molecular formula is C7H10O4S. The third kappa shape index (κ3) is 1.86. The van der Waals surface area contributed by atoms with Crippen molar-refractivity contribution in [2.75, 3.05) is 0 Å². The average Bonchev–Trinajstić information content (AvgIpc) is 2.38. The summed E-state index contributed by atoms with van der Waals surface area (Å²) in [7, 11) is -4.03. The van der Waals surface area contributed by atoms with Crippen LogP contribution in [0.2, 0.25) is 0 Å². The molecule has 0 fully saturated rings. The fourth-order valence-electron chi connectivity index (χ4n) is 1.03. The van der Waals surface area contributed by atoms with Crippen LogP contribution in [0.1, 0.15) is 24.4 Å². The van der Waals surface area contributed by atoms with Gasteiger partial charge in [-0.25, -0.2) is 0 Å². The quantitative estimate of drug-likeness (QED) is 0.735. The number of furan rings is 1. The van der Waals surface area contributed by atoms with Crippen LogP contribution in [0.25, 0.3) is 0 Å². The first-order chi connectivity index (χ1) is 5.55. The Morgan fingerprint density at radius 1 is 1.67 bits per heavy atom. The summed E-state index contributed by atoms with van der Waals surface area (Å²) in [6, 6.07) is 3.12. The van der Waals surface area contributed by atoms with E-state index in [0.717, 1.165) is 0 Å². The summed E-state index contributed by atoms with van der Waals surface area (Å²) >= 11 is 0. The molecule has 1 rings (SSSR count). The fraction of sp³-hybridized carbons (Fsp3) is 0.429. The second-order valence-electron chi connectivity index (χ2n) is 2.43. The van der Waals surface area contributed by atoms with Crippen molar-refractivity contribution >= 4 is 10.1 Å². The topological polar surface area (TPSA) is 67.5 Å². The Hall–Kier alpha value is -0.810. The molecule has 0 radical (unpaired) electrons. The van der Waals surface area contributed by atoms with Crippen molar-refractivity contribution in [3.63, 3.8) is 0 Å². The lowest BCUT2D eigenvalue weighted by Crippen LogP contribution is -2.10. The van der Waals surface area contributed by atoms with Gasteiger partial charge in [-0.05, 0) is 18.6 Å². The summed E-state index contributed by atoms with van der Waals surface area (Å²) in [6.45, 7) is 1.67. The average molecular weight is 190 g/mol. The molecule has 0 saturated heterocycles. The lowest BCUT2D eigenvalue weighted by atomic mass is 10.3. The van der Waals surface area contributed by atoms with Crippen LogP contribution in [0.4, 0.5) is 0 Å². The maximum Gasteiger partial charge on any atom is 0.275 e. The van der Waals surface area contributed by atoms with Crippen LogP contribution in [-0.2, 0) is 10.1 Å². The Bertz CT molecular complexity index is 324. The number of hydrogen-bond acceptors (Lipinski definition) is 3. The third-order valence-electron chi connectivity index (χ3n) is 1.59. The van der Waals surface area contributed by atoms with Crippen molar-refractivity contribution < 1.29 is 17.4 Å². The summed E-state index contributed by atoms with van der Waals surface area (Å²) in [5, 5.41) is -0.938. The van der Waals surface area contributed by atoms with Gasteiger partial charge >= 0.3 is 0 Å². The molecule has 68 valence electrons. The van der Waals surface area contributed by atoms with Gasteiger partial charge in [0.25, 0.3) is 10.1 Å². The van der Waals surface area contributed by atoms with Crippen LogP contribution in [0.15, 0.2) is 22.8 Å². The van der Waals surface area contributed by atoms with Crippen molar-refractivity contribution in [2.24, 2.45) is 0 Å². The molecule has 0 spiro atoms. The van der Waals surface area contributed by atoms with Gasteiger partial charge in [0, 0.05) is 0 Å². The summed E-state index contributed by atoms with van der Waals surface area (Å²) in [5.74, 6) is 0.278. The highest BCUT2D eigenvalue weighted by Crippen LogP contribution is 2.24. The lowest BCUT2D eigenvalue weighted by Gasteiger charge is -2.06.